The highest BCUT2D eigenvalue weighted by molar-refractivity contribution is 6.35. The molecule has 1 atom stereocenters. The Labute approximate surface area is 88.7 Å². The summed E-state index contributed by atoms with van der Waals surface area (Å²) in [5.74, 6) is -2.33. The van der Waals surface area contributed by atoms with E-state index in [0.29, 0.717) is 0 Å². The molecule has 6 heteroatoms. The van der Waals surface area contributed by atoms with E-state index in [1.54, 1.807) is 0 Å². The van der Waals surface area contributed by atoms with Crippen molar-refractivity contribution < 1.29 is 19.4 Å². The number of hydrogen-bond acceptors (Lipinski definition) is 2. The maximum absolute atomic E-state index is 12.9. The van der Waals surface area contributed by atoms with Crippen molar-refractivity contribution in [1.82, 2.24) is 0 Å². The van der Waals surface area contributed by atoms with Crippen molar-refractivity contribution in [1.29, 1.82) is 0 Å². The molecule has 0 heterocycles. The molecule has 14 heavy (non-hydrogen) atoms. The molecule has 0 fully saturated rings. The van der Waals surface area contributed by atoms with Gasteiger partial charge >= 0.3 is 5.97 Å². The van der Waals surface area contributed by atoms with Gasteiger partial charge in [0.2, 0.25) is 0 Å². The van der Waals surface area contributed by atoms with Crippen LogP contribution in [0.1, 0.15) is 11.7 Å². The predicted molar refractivity (Wildman–Crippen MR) is 49.0 cm³/mol. The lowest BCUT2D eigenvalue weighted by Gasteiger charge is -2.08. The molecule has 1 rings (SSSR count). The lowest BCUT2D eigenvalue weighted by molar-refractivity contribution is -0.146. The topological polar surface area (TPSA) is 57.5 Å². The van der Waals surface area contributed by atoms with E-state index in [1.165, 1.54) is 0 Å². The SMILES string of the molecule is O=C(O)[C@@H](O)c1cc(F)c(Cl)cc1Cl. The van der Waals surface area contributed by atoms with Crippen molar-refractivity contribution in [3.63, 3.8) is 0 Å². The minimum atomic E-state index is -1.85. The molecule has 3 nitrogen and oxygen atoms in total. The number of halogens is 3. The van der Waals surface area contributed by atoms with Crippen molar-refractivity contribution in [2.75, 3.05) is 0 Å². The number of aliphatic hydroxyl groups excluding tert-OH is 1. The van der Waals surface area contributed by atoms with Gasteiger partial charge in [-0.2, -0.15) is 0 Å². The van der Waals surface area contributed by atoms with E-state index in [-0.39, 0.29) is 15.6 Å². The van der Waals surface area contributed by atoms with Gasteiger partial charge in [-0.3, -0.25) is 0 Å². The highest BCUT2D eigenvalue weighted by atomic mass is 35.5. The second kappa shape index (κ2) is 4.13. The standard InChI is InChI=1S/C8H5Cl2FO3/c9-4-2-5(10)6(11)1-3(4)7(12)8(13)14/h1-2,7,12H,(H,13,14)/t7-/m0/s1. The number of rotatable bonds is 2. The normalized spacial score (nSPS) is 12.6. The summed E-state index contributed by atoms with van der Waals surface area (Å²) >= 11 is 10.9. The third-order valence-electron chi connectivity index (χ3n) is 1.57. The van der Waals surface area contributed by atoms with Gasteiger partial charge in [0, 0.05) is 10.6 Å². The lowest BCUT2D eigenvalue weighted by atomic mass is 10.1. The Morgan fingerprint density at radius 2 is 1.93 bits per heavy atom. The maximum Gasteiger partial charge on any atom is 0.337 e. The molecule has 0 aliphatic carbocycles. The number of aliphatic carboxylic acids is 1. The van der Waals surface area contributed by atoms with Crippen LogP contribution in [0.5, 0.6) is 0 Å². The molecule has 0 aromatic heterocycles. The first-order valence-electron chi connectivity index (χ1n) is 3.48. The Morgan fingerprint density at radius 1 is 1.36 bits per heavy atom. The predicted octanol–water partition coefficient (Wildman–Crippen LogP) is 2.25. The lowest BCUT2D eigenvalue weighted by Crippen LogP contribution is -2.11. The molecule has 0 saturated carbocycles. The summed E-state index contributed by atoms with van der Waals surface area (Å²) in [5, 5.41) is 17.2. The smallest absolute Gasteiger partial charge is 0.337 e. The van der Waals surface area contributed by atoms with Gasteiger partial charge in [-0.15, -0.1) is 0 Å². The van der Waals surface area contributed by atoms with Crippen LogP contribution in [-0.4, -0.2) is 16.2 Å². The van der Waals surface area contributed by atoms with Gasteiger partial charge in [0.05, 0.1) is 5.02 Å². The number of benzene rings is 1. The van der Waals surface area contributed by atoms with Gasteiger partial charge in [-0.05, 0) is 12.1 Å². The molecule has 0 amide bonds. The van der Waals surface area contributed by atoms with E-state index < -0.39 is 17.9 Å². The zero-order chi connectivity index (χ0) is 10.9. The number of aliphatic hydroxyl groups is 1. The number of carboxylic acid groups (broad SMARTS) is 1. The molecular formula is C8H5Cl2FO3. The summed E-state index contributed by atoms with van der Waals surface area (Å²) < 4.78 is 12.9. The summed E-state index contributed by atoms with van der Waals surface area (Å²) in [6.07, 6.45) is -1.85. The van der Waals surface area contributed by atoms with Crippen LogP contribution in [0.4, 0.5) is 4.39 Å². The first kappa shape index (κ1) is 11.2. The zero-order valence-corrected chi connectivity index (χ0v) is 8.18. The fraction of sp³-hybridized carbons (Fsp3) is 0.125. The molecule has 0 spiro atoms. The molecule has 2 N–H and O–H groups in total. The second-order valence-corrected chi connectivity index (χ2v) is 3.34. The Hall–Kier alpha value is -0.840. The van der Waals surface area contributed by atoms with E-state index in [1.807, 2.05) is 0 Å². The number of hydrogen-bond donors (Lipinski definition) is 2. The molecule has 0 aliphatic heterocycles. The number of carbonyl (C=O) groups is 1. The fourth-order valence-electron chi connectivity index (χ4n) is 0.881. The quantitative estimate of drug-likeness (QED) is 0.778. The third kappa shape index (κ3) is 2.15. The van der Waals surface area contributed by atoms with E-state index >= 15 is 0 Å². The van der Waals surface area contributed by atoms with Gasteiger partial charge < -0.3 is 10.2 Å². The van der Waals surface area contributed by atoms with Crippen molar-refractivity contribution >= 4 is 29.2 Å². The molecule has 1 aromatic rings. The summed E-state index contributed by atoms with van der Waals surface area (Å²) in [5.41, 5.74) is -0.221. The average molecular weight is 239 g/mol. The van der Waals surface area contributed by atoms with Crippen LogP contribution < -0.4 is 0 Å². The van der Waals surface area contributed by atoms with Crippen LogP contribution in [0.15, 0.2) is 12.1 Å². The molecular weight excluding hydrogens is 234 g/mol. The maximum atomic E-state index is 12.9. The summed E-state index contributed by atoms with van der Waals surface area (Å²) in [7, 11) is 0. The van der Waals surface area contributed by atoms with Crippen molar-refractivity contribution in [3.05, 3.63) is 33.6 Å². The van der Waals surface area contributed by atoms with Crippen LogP contribution in [0.2, 0.25) is 10.0 Å². The first-order chi connectivity index (χ1) is 6.43. The molecule has 0 bridgehead atoms. The Bertz CT molecular complexity index is 381. The van der Waals surface area contributed by atoms with Gasteiger partial charge in [-0.1, -0.05) is 23.2 Å². The second-order valence-electron chi connectivity index (χ2n) is 2.53. The fourth-order valence-corrected chi connectivity index (χ4v) is 1.37. The zero-order valence-electron chi connectivity index (χ0n) is 6.67. The summed E-state index contributed by atoms with van der Waals surface area (Å²) in [6.45, 7) is 0. The summed E-state index contributed by atoms with van der Waals surface area (Å²) in [4.78, 5) is 10.4. The van der Waals surface area contributed by atoms with Crippen LogP contribution in [0, 0.1) is 5.82 Å². The Morgan fingerprint density at radius 3 is 2.43 bits per heavy atom. The van der Waals surface area contributed by atoms with E-state index in [4.69, 9.17) is 33.4 Å². The van der Waals surface area contributed by atoms with Crippen LogP contribution in [0.3, 0.4) is 0 Å². The highest BCUT2D eigenvalue weighted by Crippen LogP contribution is 2.28. The Kier molecular flexibility index (Phi) is 3.31. The van der Waals surface area contributed by atoms with E-state index in [9.17, 15) is 9.18 Å². The molecule has 0 unspecified atom stereocenters. The highest BCUT2D eigenvalue weighted by Gasteiger charge is 2.20. The van der Waals surface area contributed by atoms with Gasteiger partial charge in [0.25, 0.3) is 0 Å². The van der Waals surface area contributed by atoms with Gasteiger partial charge in [-0.25, -0.2) is 9.18 Å². The van der Waals surface area contributed by atoms with E-state index in [0.717, 1.165) is 12.1 Å². The van der Waals surface area contributed by atoms with Crippen LogP contribution in [-0.2, 0) is 4.79 Å². The first-order valence-corrected chi connectivity index (χ1v) is 4.24. The number of carboxylic acids is 1. The third-order valence-corrected chi connectivity index (χ3v) is 2.19. The van der Waals surface area contributed by atoms with Crippen molar-refractivity contribution in [2.24, 2.45) is 0 Å². The molecule has 0 saturated heterocycles. The van der Waals surface area contributed by atoms with E-state index in [2.05, 4.69) is 0 Å². The molecule has 0 aliphatic rings. The largest absolute Gasteiger partial charge is 0.479 e. The minimum Gasteiger partial charge on any atom is -0.479 e. The molecule has 76 valence electrons. The van der Waals surface area contributed by atoms with Gasteiger partial charge in [0.15, 0.2) is 6.10 Å². The van der Waals surface area contributed by atoms with Crippen molar-refractivity contribution in [3.8, 4) is 0 Å². The Balaban J connectivity index is 3.22. The monoisotopic (exact) mass is 238 g/mol. The van der Waals surface area contributed by atoms with Crippen molar-refractivity contribution in [2.45, 2.75) is 6.10 Å². The van der Waals surface area contributed by atoms with Crippen LogP contribution >= 0.6 is 23.2 Å². The van der Waals surface area contributed by atoms with Crippen LogP contribution in [0.25, 0.3) is 0 Å². The average Bonchev–Trinajstić information content (AvgIpc) is 2.10. The molecule has 1 aromatic carbocycles. The van der Waals surface area contributed by atoms with Gasteiger partial charge in [0.1, 0.15) is 5.82 Å². The molecule has 0 radical (unpaired) electrons. The minimum absolute atomic E-state index is 0.0914. The summed E-state index contributed by atoms with van der Waals surface area (Å²) in [6, 6.07) is 1.84.